The summed E-state index contributed by atoms with van der Waals surface area (Å²) in [5, 5.41) is 0. The highest BCUT2D eigenvalue weighted by atomic mass is 79.9. The van der Waals surface area contributed by atoms with Crippen molar-refractivity contribution in [1.82, 2.24) is 4.90 Å². The first kappa shape index (κ1) is 16.2. The lowest BCUT2D eigenvalue weighted by molar-refractivity contribution is -0.142. The van der Waals surface area contributed by atoms with Crippen molar-refractivity contribution in [2.45, 2.75) is 39.8 Å². The van der Waals surface area contributed by atoms with E-state index >= 15 is 0 Å². The van der Waals surface area contributed by atoms with Crippen LogP contribution in [0, 0.1) is 5.41 Å². The predicted octanol–water partition coefficient (Wildman–Crippen LogP) is 3.17. The number of amides is 1. The normalized spacial score (nSPS) is 12.4. The molecule has 0 bridgehead atoms. The number of halogens is 1. The molecule has 1 aromatic rings. The van der Waals surface area contributed by atoms with Crippen molar-refractivity contribution >= 4 is 21.8 Å². The molecule has 106 valence electrons. The highest BCUT2D eigenvalue weighted by molar-refractivity contribution is 9.10. The van der Waals surface area contributed by atoms with Gasteiger partial charge in [0, 0.05) is 23.6 Å². The summed E-state index contributed by atoms with van der Waals surface area (Å²) in [5.41, 5.74) is 6.06. The summed E-state index contributed by atoms with van der Waals surface area (Å²) in [5.74, 6) is 0.0583. The Balaban J connectivity index is 2.81. The number of carbonyl (C=O) groups is 1. The van der Waals surface area contributed by atoms with Crippen LogP contribution in [-0.4, -0.2) is 23.4 Å². The van der Waals surface area contributed by atoms with Crippen LogP contribution in [0.2, 0.25) is 0 Å². The maximum Gasteiger partial charge on any atom is 0.230 e. The van der Waals surface area contributed by atoms with Crippen LogP contribution in [0.25, 0.3) is 0 Å². The van der Waals surface area contributed by atoms with Crippen LogP contribution in [0.4, 0.5) is 0 Å². The summed E-state index contributed by atoms with van der Waals surface area (Å²) < 4.78 is 1.04. The van der Waals surface area contributed by atoms with E-state index in [1.165, 1.54) is 0 Å². The van der Waals surface area contributed by atoms with Gasteiger partial charge in [-0.3, -0.25) is 4.79 Å². The molecule has 19 heavy (non-hydrogen) atoms. The molecule has 3 nitrogen and oxygen atoms in total. The second-order valence-corrected chi connectivity index (χ2v) is 7.05. The molecule has 0 aliphatic heterocycles. The van der Waals surface area contributed by atoms with Crippen LogP contribution in [0.1, 0.15) is 33.3 Å². The largest absolute Gasteiger partial charge is 0.341 e. The highest BCUT2D eigenvalue weighted by Crippen LogP contribution is 2.30. The molecule has 0 radical (unpaired) electrons. The van der Waals surface area contributed by atoms with Gasteiger partial charge >= 0.3 is 0 Å². The Morgan fingerprint density at radius 2 is 1.68 bits per heavy atom. The molecule has 1 aromatic carbocycles. The van der Waals surface area contributed by atoms with E-state index in [9.17, 15) is 4.79 Å². The minimum absolute atomic E-state index is 0.0583. The van der Waals surface area contributed by atoms with Crippen LogP contribution < -0.4 is 5.73 Å². The zero-order valence-corrected chi connectivity index (χ0v) is 13.9. The monoisotopic (exact) mass is 326 g/mol. The van der Waals surface area contributed by atoms with Gasteiger partial charge in [0.15, 0.2) is 0 Å². The average molecular weight is 327 g/mol. The van der Waals surface area contributed by atoms with Crippen molar-refractivity contribution in [3.63, 3.8) is 0 Å². The Morgan fingerprint density at radius 1 is 1.21 bits per heavy atom. The van der Waals surface area contributed by atoms with E-state index in [2.05, 4.69) is 15.9 Å². The molecule has 0 saturated carbocycles. The quantitative estimate of drug-likeness (QED) is 0.923. The molecule has 0 spiro atoms. The Morgan fingerprint density at radius 3 is 2.11 bits per heavy atom. The third kappa shape index (κ3) is 3.80. The third-order valence-corrected chi connectivity index (χ3v) is 4.35. The molecular formula is C15H23BrN2O. The maximum atomic E-state index is 12.5. The van der Waals surface area contributed by atoms with E-state index in [-0.39, 0.29) is 5.91 Å². The van der Waals surface area contributed by atoms with Gasteiger partial charge < -0.3 is 10.6 Å². The van der Waals surface area contributed by atoms with Crippen LogP contribution in [0.3, 0.4) is 0 Å². The molecule has 0 aliphatic rings. The number of nitrogens with two attached hydrogens (primary N) is 1. The van der Waals surface area contributed by atoms with Gasteiger partial charge in [0.25, 0.3) is 0 Å². The van der Waals surface area contributed by atoms with E-state index in [0.29, 0.717) is 6.54 Å². The fourth-order valence-corrected chi connectivity index (χ4v) is 1.95. The van der Waals surface area contributed by atoms with Crippen LogP contribution in [0.5, 0.6) is 0 Å². The van der Waals surface area contributed by atoms with E-state index in [4.69, 9.17) is 5.73 Å². The standard InChI is InChI=1S/C15H23BrN2O/c1-14(2,15(3,4)17)13(19)18(5)10-11-6-8-12(16)9-7-11/h6-9H,10,17H2,1-5H3. The second kappa shape index (κ2) is 5.63. The molecule has 0 heterocycles. The molecule has 0 unspecified atom stereocenters. The third-order valence-electron chi connectivity index (χ3n) is 3.83. The van der Waals surface area contributed by atoms with Gasteiger partial charge in [-0.15, -0.1) is 0 Å². The van der Waals surface area contributed by atoms with Crippen molar-refractivity contribution in [1.29, 1.82) is 0 Å². The van der Waals surface area contributed by atoms with Crippen molar-refractivity contribution in [2.75, 3.05) is 7.05 Å². The number of rotatable bonds is 4. The van der Waals surface area contributed by atoms with E-state index < -0.39 is 11.0 Å². The first-order valence-corrected chi connectivity index (χ1v) is 7.14. The van der Waals surface area contributed by atoms with Gasteiger partial charge in [-0.25, -0.2) is 0 Å². The minimum atomic E-state index is -0.600. The number of benzene rings is 1. The zero-order chi connectivity index (χ0) is 14.8. The number of carbonyl (C=O) groups excluding carboxylic acids is 1. The smallest absolute Gasteiger partial charge is 0.230 e. The molecule has 2 N–H and O–H groups in total. The molecule has 0 aromatic heterocycles. The fourth-order valence-electron chi connectivity index (χ4n) is 1.69. The Bertz CT molecular complexity index is 446. The Kier molecular flexibility index (Phi) is 4.80. The lowest BCUT2D eigenvalue weighted by Gasteiger charge is -2.39. The summed E-state index contributed by atoms with van der Waals surface area (Å²) in [7, 11) is 1.82. The van der Waals surface area contributed by atoms with Crippen molar-refractivity contribution in [2.24, 2.45) is 11.1 Å². The van der Waals surface area contributed by atoms with E-state index in [1.807, 2.05) is 59.0 Å². The van der Waals surface area contributed by atoms with Crippen molar-refractivity contribution < 1.29 is 4.79 Å². The Labute approximate surface area is 124 Å². The van der Waals surface area contributed by atoms with Gasteiger partial charge in [-0.2, -0.15) is 0 Å². The van der Waals surface area contributed by atoms with E-state index in [1.54, 1.807) is 4.90 Å². The summed E-state index contributed by atoms with van der Waals surface area (Å²) in [6.45, 7) is 8.16. The molecule has 1 rings (SSSR count). The van der Waals surface area contributed by atoms with Crippen molar-refractivity contribution in [3.8, 4) is 0 Å². The summed E-state index contributed by atoms with van der Waals surface area (Å²) >= 11 is 3.40. The minimum Gasteiger partial charge on any atom is -0.341 e. The van der Waals surface area contributed by atoms with Crippen LogP contribution in [0.15, 0.2) is 28.7 Å². The molecule has 1 amide bonds. The molecule has 0 saturated heterocycles. The summed E-state index contributed by atoms with van der Waals surface area (Å²) in [6.07, 6.45) is 0. The molecule has 0 atom stereocenters. The number of hydrogen-bond donors (Lipinski definition) is 1. The van der Waals surface area contributed by atoms with Gasteiger partial charge in [0.1, 0.15) is 0 Å². The van der Waals surface area contributed by atoms with Gasteiger partial charge in [-0.1, -0.05) is 28.1 Å². The SMILES string of the molecule is CN(Cc1ccc(Br)cc1)C(=O)C(C)(C)C(C)(C)N. The van der Waals surface area contributed by atoms with Crippen LogP contribution in [-0.2, 0) is 11.3 Å². The molecule has 0 aliphatic carbocycles. The average Bonchev–Trinajstić information content (AvgIpc) is 2.29. The lowest BCUT2D eigenvalue weighted by Crippen LogP contribution is -2.55. The summed E-state index contributed by atoms with van der Waals surface area (Å²) in [4.78, 5) is 14.3. The highest BCUT2D eigenvalue weighted by Gasteiger charge is 2.41. The number of nitrogens with zero attached hydrogens (tertiary/aromatic N) is 1. The van der Waals surface area contributed by atoms with E-state index in [0.717, 1.165) is 10.0 Å². The number of hydrogen-bond acceptors (Lipinski definition) is 2. The predicted molar refractivity (Wildman–Crippen MR) is 82.7 cm³/mol. The van der Waals surface area contributed by atoms with Crippen LogP contribution >= 0.6 is 15.9 Å². The molecule has 0 fully saturated rings. The van der Waals surface area contributed by atoms with Gasteiger partial charge in [0.2, 0.25) is 5.91 Å². The second-order valence-electron chi connectivity index (χ2n) is 6.13. The molecular weight excluding hydrogens is 304 g/mol. The summed E-state index contributed by atoms with van der Waals surface area (Å²) in [6, 6.07) is 7.97. The fraction of sp³-hybridized carbons (Fsp3) is 0.533. The van der Waals surface area contributed by atoms with Gasteiger partial charge in [0.05, 0.1) is 5.41 Å². The first-order chi connectivity index (χ1) is 8.55. The van der Waals surface area contributed by atoms with Crippen molar-refractivity contribution in [3.05, 3.63) is 34.3 Å². The lowest BCUT2D eigenvalue weighted by atomic mass is 9.74. The maximum absolute atomic E-state index is 12.5. The Hall–Kier alpha value is -0.870. The molecule has 4 heteroatoms. The first-order valence-electron chi connectivity index (χ1n) is 6.34. The topological polar surface area (TPSA) is 46.3 Å². The van der Waals surface area contributed by atoms with Gasteiger partial charge in [-0.05, 0) is 45.4 Å². The zero-order valence-electron chi connectivity index (χ0n) is 12.3.